The number of rotatable bonds is 5. The summed E-state index contributed by atoms with van der Waals surface area (Å²) in [6, 6.07) is 10.4. The second kappa shape index (κ2) is 7.22. The zero-order valence-electron chi connectivity index (χ0n) is 16.7. The van der Waals surface area contributed by atoms with Gasteiger partial charge in [0, 0.05) is 19.1 Å². The molecule has 0 spiro atoms. The monoisotopic (exact) mass is 356 g/mol. The summed E-state index contributed by atoms with van der Waals surface area (Å²) < 4.78 is 23.4. The van der Waals surface area contributed by atoms with Crippen molar-refractivity contribution < 1.29 is 18.8 Å². The Morgan fingerprint density at radius 2 is 1.92 bits per heavy atom. The molecule has 4 nitrogen and oxygen atoms in total. The van der Waals surface area contributed by atoms with Gasteiger partial charge in [0.2, 0.25) is 0 Å². The minimum Gasteiger partial charge on any atom is -0.468 e. The van der Waals surface area contributed by atoms with Gasteiger partial charge in [0.1, 0.15) is 5.75 Å². The fourth-order valence-electron chi connectivity index (χ4n) is 3.28. The second-order valence-corrected chi connectivity index (χ2v) is 8.09. The molecule has 0 radical (unpaired) electrons. The normalized spacial score (nSPS) is 18.9. The van der Waals surface area contributed by atoms with E-state index < -0.39 is 7.12 Å². The van der Waals surface area contributed by atoms with E-state index in [4.69, 9.17) is 18.8 Å². The van der Waals surface area contributed by atoms with Crippen LogP contribution in [0, 0.1) is 5.41 Å². The van der Waals surface area contributed by atoms with Gasteiger partial charge in [-0.25, -0.2) is 0 Å². The third-order valence-electron chi connectivity index (χ3n) is 5.67. The number of hydrogen-bond acceptors (Lipinski definition) is 4. The molecule has 2 aromatic carbocycles. The molecule has 3 rings (SSSR count). The van der Waals surface area contributed by atoms with Gasteiger partial charge in [0.15, 0.2) is 6.79 Å². The lowest BCUT2D eigenvalue weighted by atomic mass is 9.67. The van der Waals surface area contributed by atoms with Crippen molar-refractivity contribution in [2.24, 2.45) is 5.41 Å². The molecule has 0 saturated carbocycles. The SMILES string of the molecule is CCc1cccc2cc(OCOC)cc(B3OCC(C)(C)C(C)(C)O3)c12. The molecular weight excluding hydrogens is 327 g/mol. The molecule has 26 heavy (non-hydrogen) atoms. The first-order chi connectivity index (χ1) is 12.3. The van der Waals surface area contributed by atoms with Crippen LogP contribution in [0.15, 0.2) is 30.3 Å². The van der Waals surface area contributed by atoms with Crippen LogP contribution in [-0.4, -0.2) is 33.2 Å². The van der Waals surface area contributed by atoms with Crippen molar-refractivity contribution in [1.82, 2.24) is 0 Å². The van der Waals surface area contributed by atoms with E-state index in [1.165, 1.54) is 10.9 Å². The maximum Gasteiger partial charge on any atom is 0.495 e. The van der Waals surface area contributed by atoms with Crippen LogP contribution in [0.5, 0.6) is 5.75 Å². The molecule has 1 aliphatic heterocycles. The van der Waals surface area contributed by atoms with Crippen molar-refractivity contribution in [2.75, 3.05) is 20.5 Å². The summed E-state index contributed by atoms with van der Waals surface area (Å²) in [5.74, 6) is 0.762. The molecule has 2 aromatic rings. The van der Waals surface area contributed by atoms with Gasteiger partial charge in [0.25, 0.3) is 0 Å². The average Bonchev–Trinajstić information content (AvgIpc) is 2.61. The number of hydrogen-bond donors (Lipinski definition) is 0. The van der Waals surface area contributed by atoms with Crippen molar-refractivity contribution in [1.29, 1.82) is 0 Å². The molecular formula is C21H29BO4. The second-order valence-electron chi connectivity index (χ2n) is 8.09. The zero-order chi connectivity index (χ0) is 18.9. The quantitative estimate of drug-likeness (QED) is 0.601. The minimum absolute atomic E-state index is 0.0585. The number of fused-ring (bicyclic) bond motifs is 1. The number of methoxy groups -OCH3 is 1. The van der Waals surface area contributed by atoms with Crippen LogP contribution in [0.25, 0.3) is 10.8 Å². The van der Waals surface area contributed by atoms with E-state index in [1.807, 2.05) is 6.07 Å². The summed E-state index contributed by atoms with van der Waals surface area (Å²) in [6.45, 7) is 11.7. The predicted molar refractivity (Wildman–Crippen MR) is 106 cm³/mol. The molecule has 0 aromatic heterocycles. The maximum absolute atomic E-state index is 6.43. The molecule has 1 heterocycles. The fraction of sp³-hybridized carbons (Fsp3) is 0.524. The van der Waals surface area contributed by atoms with E-state index in [-0.39, 0.29) is 17.8 Å². The van der Waals surface area contributed by atoms with E-state index in [2.05, 4.69) is 58.9 Å². The summed E-state index contributed by atoms with van der Waals surface area (Å²) in [5.41, 5.74) is 1.95. The Balaban J connectivity index is 2.10. The topological polar surface area (TPSA) is 36.9 Å². The number of aryl methyl sites for hydroxylation is 1. The Morgan fingerprint density at radius 3 is 2.58 bits per heavy atom. The Kier molecular flexibility index (Phi) is 5.34. The first-order valence-electron chi connectivity index (χ1n) is 9.26. The molecule has 1 aliphatic rings. The maximum atomic E-state index is 6.43. The van der Waals surface area contributed by atoms with Crippen molar-refractivity contribution in [3.8, 4) is 5.75 Å². The van der Waals surface area contributed by atoms with E-state index in [0.717, 1.165) is 23.0 Å². The zero-order valence-corrected chi connectivity index (χ0v) is 16.7. The molecule has 0 atom stereocenters. The molecule has 0 amide bonds. The molecule has 0 unspecified atom stereocenters. The van der Waals surface area contributed by atoms with Gasteiger partial charge in [0.05, 0.1) is 5.60 Å². The predicted octanol–water partition coefficient (Wildman–Crippen LogP) is 3.93. The lowest BCUT2D eigenvalue weighted by molar-refractivity contribution is -0.0936. The Bertz CT molecular complexity index is 785. The smallest absolute Gasteiger partial charge is 0.468 e. The number of benzene rings is 2. The van der Waals surface area contributed by atoms with E-state index in [0.29, 0.717) is 6.61 Å². The van der Waals surface area contributed by atoms with Crippen LogP contribution in [0.3, 0.4) is 0 Å². The van der Waals surface area contributed by atoms with Gasteiger partial charge >= 0.3 is 7.12 Å². The summed E-state index contributed by atoms with van der Waals surface area (Å²) in [5, 5.41) is 2.32. The minimum atomic E-state index is -0.417. The Labute approximate surface area is 156 Å². The van der Waals surface area contributed by atoms with E-state index >= 15 is 0 Å². The molecule has 0 N–H and O–H groups in total. The first-order valence-corrected chi connectivity index (χ1v) is 9.26. The van der Waals surface area contributed by atoms with Gasteiger partial charge < -0.3 is 18.8 Å². The standard InChI is InChI=1S/C21H29BO4/c1-7-15-9-8-10-16-11-17(24-14-23-6)12-18(19(15)16)22-25-13-20(2,3)21(4,5)26-22/h8-12H,7,13-14H2,1-6H3. The Hall–Kier alpha value is -1.56. The molecule has 0 aliphatic carbocycles. The van der Waals surface area contributed by atoms with Crippen LogP contribution in [0.2, 0.25) is 0 Å². The Morgan fingerprint density at radius 1 is 1.15 bits per heavy atom. The van der Waals surface area contributed by atoms with Gasteiger partial charge in [-0.2, -0.15) is 0 Å². The highest BCUT2D eigenvalue weighted by Gasteiger charge is 2.47. The van der Waals surface area contributed by atoms with Gasteiger partial charge in [-0.15, -0.1) is 0 Å². The average molecular weight is 356 g/mol. The largest absolute Gasteiger partial charge is 0.495 e. The van der Waals surface area contributed by atoms with Gasteiger partial charge in [-0.1, -0.05) is 39.0 Å². The van der Waals surface area contributed by atoms with E-state index in [9.17, 15) is 0 Å². The van der Waals surface area contributed by atoms with Crippen molar-refractivity contribution in [3.63, 3.8) is 0 Å². The molecule has 1 saturated heterocycles. The summed E-state index contributed by atoms with van der Waals surface area (Å²) in [6.07, 6.45) is 0.949. The molecule has 140 valence electrons. The van der Waals surface area contributed by atoms with Gasteiger partial charge in [-0.3, -0.25) is 0 Å². The highest BCUT2D eigenvalue weighted by Crippen LogP contribution is 2.38. The van der Waals surface area contributed by atoms with Crippen molar-refractivity contribution in [3.05, 3.63) is 35.9 Å². The molecule has 0 bridgehead atoms. The highest BCUT2D eigenvalue weighted by molar-refractivity contribution is 6.65. The lowest BCUT2D eigenvalue weighted by Gasteiger charge is -2.47. The summed E-state index contributed by atoms with van der Waals surface area (Å²) >= 11 is 0. The van der Waals surface area contributed by atoms with Crippen molar-refractivity contribution >= 4 is 23.4 Å². The lowest BCUT2D eigenvalue weighted by Crippen LogP contribution is -2.58. The number of ether oxygens (including phenoxy) is 2. The first kappa shape index (κ1) is 19.2. The van der Waals surface area contributed by atoms with Crippen LogP contribution < -0.4 is 10.2 Å². The molecule has 1 fully saturated rings. The highest BCUT2D eigenvalue weighted by atomic mass is 16.7. The van der Waals surface area contributed by atoms with Crippen LogP contribution in [-0.2, 0) is 20.5 Å². The fourth-order valence-corrected chi connectivity index (χ4v) is 3.28. The van der Waals surface area contributed by atoms with Gasteiger partial charge in [-0.05, 0) is 54.2 Å². The third kappa shape index (κ3) is 3.48. The van der Waals surface area contributed by atoms with Crippen LogP contribution in [0.1, 0.15) is 40.2 Å². The molecule has 5 heteroatoms. The van der Waals surface area contributed by atoms with Crippen LogP contribution >= 0.6 is 0 Å². The van der Waals surface area contributed by atoms with E-state index in [1.54, 1.807) is 7.11 Å². The summed E-state index contributed by atoms with van der Waals surface area (Å²) in [7, 11) is 1.20. The summed E-state index contributed by atoms with van der Waals surface area (Å²) in [4.78, 5) is 0. The van der Waals surface area contributed by atoms with Crippen molar-refractivity contribution in [2.45, 2.75) is 46.6 Å². The van der Waals surface area contributed by atoms with Crippen LogP contribution in [0.4, 0.5) is 0 Å². The third-order valence-corrected chi connectivity index (χ3v) is 5.67.